The molecule has 1 aliphatic rings. The lowest BCUT2D eigenvalue weighted by atomic mass is 10.3. The predicted octanol–water partition coefficient (Wildman–Crippen LogP) is -0.0851. The highest BCUT2D eigenvalue weighted by Crippen LogP contribution is 2.11. The molecule has 2 atom stereocenters. The van der Waals surface area contributed by atoms with Gasteiger partial charge in [0, 0.05) is 35.5 Å². The van der Waals surface area contributed by atoms with E-state index in [9.17, 15) is 0 Å². The molecule has 0 aromatic heterocycles. The molecule has 0 aliphatic carbocycles. The van der Waals surface area contributed by atoms with Crippen LogP contribution >= 0.6 is 22.9 Å². The number of likely N-dealkylation sites (tertiary alicyclic amines) is 1. The highest BCUT2D eigenvalue weighted by atomic mass is 127. The van der Waals surface area contributed by atoms with Gasteiger partial charge >= 0.3 is 0 Å². The lowest BCUT2D eigenvalue weighted by molar-refractivity contribution is 0.307. The smallest absolute Gasteiger partial charge is 0.0698 e. The molecule has 1 rings (SSSR count). The average molecular weight is 241 g/mol. The Hall–Kier alpha value is 0.610. The maximum absolute atomic E-state index is 5.71. The summed E-state index contributed by atoms with van der Waals surface area (Å²) in [5.74, 6) is 0. The van der Waals surface area contributed by atoms with Crippen molar-refractivity contribution in [1.82, 2.24) is 8.43 Å². The van der Waals surface area contributed by atoms with Gasteiger partial charge in [-0.3, -0.25) is 4.90 Å². The van der Waals surface area contributed by atoms with Crippen LogP contribution in [0, 0.1) is 0 Å². The third-order valence-corrected chi connectivity index (χ3v) is 2.43. The van der Waals surface area contributed by atoms with Gasteiger partial charge in [-0.05, 0) is 13.5 Å². The zero-order valence-corrected chi connectivity index (χ0v) is 7.63. The van der Waals surface area contributed by atoms with Crippen molar-refractivity contribution in [3.63, 3.8) is 0 Å². The molecular weight excluding hydrogens is 229 g/mol. The Kier molecular flexibility index (Phi) is 2.69. The maximum Gasteiger partial charge on any atom is 0.0698 e. The second-order valence-electron chi connectivity index (χ2n) is 2.56. The van der Waals surface area contributed by atoms with Gasteiger partial charge in [0.2, 0.25) is 0 Å². The second kappa shape index (κ2) is 3.14. The van der Waals surface area contributed by atoms with E-state index in [4.69, 9.17) is 5.73 Å². The van der Waals surface area contributed by atoms with Gasteiger partial charge in [0.25, 0.3) is 0 Å². The lowest BCUT2D eigenvalue weighted by Gasteiger charge is -2.15. The Bertz CT molecular complexity index is 98.2. The average Bonchev–Trinajstić information content (AvgIpc) is 2.10. The summed E-state index contributed by atoms with van der Waals surface area (Å²) >= 11 is 2.17. The summed E-state index contributed by atoms with van der Waals surface area (Å²) in [6, 6.07) is 0.363. The van der Waals surface area contributed by atoms with Gasteiger partial charge in [-0.15, -0.1) is 0 Å². The zero-order valence-electron chi connectivity index (χ0n) is 5.47. The van der Waals surface area contributed by atoms with E-state index in [1.165, 1.54) is 0 Å². The van der Waals surface area contributed by atoms with E-state index in [0.717, 1.165) is 13.0 Å². The van der Waals surface area contributed by atoms with E-state index in [-0.39, 0.29) is 0 Å². The van der Waals surface area contributed by atoms with E-state index in [1.54, 1.807) is 0 Å². The first-order valence-corrected chi connectivity index (χ1v) is 4.14. The number of likely N-dealkylation sites (N-methyl/N-ethyl adjacent to an activating group) is 1. The topological polar surface area (TPSA) is 41.3 Å². The summed E-state index contributed by atoms with van der Waals surface area (Å²) in [5, 5.41) is 0. The predicted molar refractivity (Wildman–Crippen MR) is 46.2 cm³/mol. The molecule has 1 fully saturated rings. The summed E-state index contributed by atoms with van der Waals surface area (Å²) in [6.45, 7) is 1.01. The van der Waals surface area contributed by atoms with Crippen molar-refractivity contribution < 1.29 is 0 Å². The molecule has 2 unspecified atom stereocenters. The molecule has 4 heteroatoms. The number of hydrogen-bond donors (Lipinski definition) is 2. The third-order valence-electron chi connectivity index (χ3n) is 1.71. The molecule has 0 amide bonds. The van der Waals surface area contributed by atoms with Crippen molar-refractivity contribution in [2.75, 3.05) is 13.6 Å². The van der Waals surface area contributed by atoms with Crippen molar-refractivity contribution in [3.8, 4) is 0 Å². The molecule has 1 saturated heterocycles. The van der Waals surface area contributed by atoms with Crippen LogP contribution in [0.3, 0.4) is 0 Å². The number of nitrogens with zero attached hydrogens (tertiary/aromatic N) is 1. The summed E-state index contributed by atoms with van der Waals surface area (Å²) in [4.78, 5) is 2.23. The molecule has 9 heavy (non-hydrogen) atoms. The first kappa shape index (κ1) is 7.71. The van der Waals surface area contributed by atoms with Crippen molar-refractivity contribution in [2.45, 2.75) is 18.6 Å². The Labute approximate surface area is 69.5 Å². The van der Waals surface area contributed by atoms with Crippen LogP contribution in [0.15, 0.2) is 0 Å². The monoisotopic (exact) mass is 241 g/mol. The largest absolute Gasteiger partial charge is 0.326 e. The summed E-state index contributed by atoms with van der Waals surface area (Å²) in [5.41, 5.74) is 5.71. The molecule has 1 aliphatic heterocycles. The van der Waals surface area contributed by atoms with Gasteiger partial charge in [-0.25, -0.2) is 3.53 Å². The highest BCUT2D eigenvalue weighted by Gasteiger charge is 2.25. The minimum absolute atomic E-state index is 0.363. The van der Waals surface area contributed by atoms with Gasteiger partial charge in [-0.1, -0.05) is 0 Å². The molecule has 0 aromatic carbocycles. The van der Waals surface area contributed by atoms with Gasteiger partial charge in [-0.2, -0.15) is 0 Å². The number of hydrogen-bond acceptors (Lipinski definition) is 3. The van der Waals surface area contributed by atoms with Crippen LogP contribution in [0.25, 0.3) is 0 Å². The Morgan fingerprint density at radius 2 is 2.44 bits per heavy atom. The number of rotatable bonds is 1. The minimum Gasteiger partial charge on any atom is -0.326 e. The van der Waals surface area contributed by atoms with Gasteiger partial charge in [0.15, 0.2) is 0 Å². The Morgan fingerprint density at radius 3 is 2.67 bits per heavy atom. The molecule has 3 N–H and O–H groups in total. The molecule has 0 radical (unpaired) electrons. The highest BCUT2D eigenvalue weighted by molar-refractivity contribution is 14.1. The standard InChI is InChI=1S/C5H12IN3/c1-9-3-4(7)2-5(9)8-6/h4-5,8H,2-3,7H2,1H3. The van der Waals surface area contributed by atoms with Crippen molar-refractivity contribution in [3.05, 3.63) is 0 Å². The van der Waals surface area contributed by atoms with Crippen LogP contribution in [0.1, 0.15) is 6.42 Å². The third kappa shape index (κ3) is 1.76. The van der Waals surface area contributed by atoms with Crippen LogP contribution in [0.5, 0.6) is 0 Å². The zero-order chi connectivity index (χ0) is 6.85. The van der Waals surface area contributed by atoms with Crippen molar-refractivity contribution in [2.24, 2.45) is 5.73 Å². The summed E-state index contributed by atoms with van der Waals surface area (Å²) < 4.78 is 3.16. The molecule has 0 saturated carbocycles. The van der Waals surface area contributed by atoms with Gasteiger partial charge in [0.05, 0.1) is 6.17 Å². The van der Waals surface area contributed by atoms with E-state index in [0.29, 0.717) is 12.2 Å². The number of nitrogens with one attached hydrogen (secondary N) is 1. The Morgan fingerprint density at radius 1 is 1.78 bits per heavy atom. The van der Waals surface area contributed by atoms with Gasteiger partial charge in [0.1, 0.15) is 0 Å². The fourth-order valence-electron chi connectivity index (χ4n) is 1.17. The van der Waals surface area contributed by atoms with Crippen LogP contribution in [-0.4, -0.2) is 30.7 Å². The molecule has 1 heterocycles. The van der Waals surface area contributed by atoms with Gasteiger partial charge < -0.3 is 5.73 Å². The fourth-order valence-corrected chi connectivity index (χ4v) is 1.90. The quantitative estimate of drug-likeness (QED) is 0.498. The van der Waals surface area contributed by atoms with Crippen LogP contribution in [0.2, 0.25) is 0 Å². The molecule has 0 bridgehead atoms. The van der Waals surface area contributed by atoms with E-state index >= 15 is 0 Å². The minimum atomic E-state index is 0.363. The molecule has 3 nitrogen and oxygen atoms in total. The molecule has 0 spiro atoms. The maximum atomic E-state index is 5.71. The fraction of sp³-hybridized carbons (Fsp3) is 1.00. The second-order valence-corrected chi connectivity index (χ2v) is 3.18. The molecule has 54 valence electrons. The Balaban J connectivity index is 2.38. The molecule has 0 aromatic rings. The van der Waals surface area contributed by atoms with Crippen molar-refractivity contribution >= 4 is 22.9 Å². The number of halogens is 1. The first-order valence-electron chi connectivity index (χ1n) is 3.06. The van der Waals surface area contributed by atoms with Crippen LogP contribution < -0.4 is 9.26 Å². The van der Waals surface area contributed by atoms with E-state index < -0.39 is 0 Å². The van der Waals surface area contributed by atoms with Crippen molar-refractivity contribution in [1.29, 1.82) is 0 Å². The normalized spacial score (nSPS) is 37.7. The lowest BCUT2D eigenvalue weighted by Crippen LogP contribution is -2.32. The number of nitrogens with two attached hydrogens (primary N) is 1. The van der Waals surface area contributed by atoms with E-state index in [1.807, 2.05) is 0 Å². The summed E-state index contributed by atoms with van der Waals surface area (Å²) in [6.07, 6.45) is 1.56. The SMILES string of the molecule is CN1CC(N)CC1NI. The summed E-state index contributed by atoms with van der Waals surface area (Å²) in [7, 11) is 2.09. The van der Waals surface area contributed by atoms with Crippen LogP contribution in [-0.2, 0) is 0 Å². The molecular formula is C5H12IN3. The first-order chi connectivity index (χ1) is 4.24. The van der Waals surface area contributed by atoms with E-state index in [2.05, 4.69) is 38.3 Å². The van der Waals surface area contributed by atoms with Crippen LogP contribution in [0.4, 0.5) is 0 Å².